The number of ether oxygens (including phenoxy) is 3. The minimum absolute atomic E-state index is 0.0542. The van der Waals surface area contributed by atoms with Gasteiger partial charge in [-0.1, -0.05) is 42.3 Å². The number of aryl methyl sites for hydroxylation is 1. The van der Waals surface area contributed by atoms with Crippen LogP contribution in [0.3, 0.4) is 0 Å². The minimum atomic E-state index is -1.05. The second kappa shape index (κ2) is 18.8. The lowest BCUT2D eigenvalue weighted by molar-refractivity contribution is -0.223. The molecule has 10 nitrogen and oxygen atoms in total. The molecule has 2 heterocycles. The lowest BCUT2D eigenvalue weighted by Gasteiger charge is -2.58. The van der Waals surface area contributed by atoms with Gasteiger partial charge >= 0.3 is 0 Å². The van der Waals surface area contributed by atoms with Gasteiger partial charge < -0.3 is 29.3 Å². The Morgan fingerprint density at radius 1 is 1.08 bits per heavy atom. The van der Waals surface area contributed by atoms with Crippen molar-refractivity contribution in [2.45, 2.75) is 75.2 Å². The summed E-state index contributed by atoms with van der Waals surface area (Å²) in [7, 11) is 0. The fourth-order valence-electron chi connectivity index (χ4n) is 8.23. The quantitative estimate of drug-likeness (QED) is 0.0514. The van der Waals surface area contributed by atoms with Gasteiger partial charge in [0.1, 0.15) is 30.1 Å². The van der Waals surface area contributed by atoms with Gasteiger partial charge in [0.25, 0.3) is 0 Å². The van der Waals surface area contributed by atoms with Gasteiger partial charge in [-0.3, -0.25) is 14.8 Å². The van der Waals surface area contributed by atoms with E-state index in [0.29, 0.717) is 43.1 Å². The number of aliphatic hydroxyl groups excluding tert-OH is 2. The number of nitrogens with zero attached hydrogens (tertiary/aromatic N) is 3. The van der Waals surface area contributed by atoms with Crippen molar-refractivity contribution in [2.24, 2.45) is 22.9 Å². The van der Waals surface area contributed by atoms with E-state index < -0.39 is 5.79 Å². The molecule has 3 aromatic rings. The number of fused-ring (bicyclic) bond motifs is 2. The molecule has 1 saturated carbocycles. The fraction of sp³-hybridized carbons (Fsp3) is 0.476. The Labute approximate surface area is 316 Å². The maximum Gasteiger partial charge on any atom is 0.230 e. The van der Waals surface area contributed by atoms with E-state index in [4.69, 9.17) is 24.2 Å². The highest BCUT2D eigenvalue weighted by Crippen LogP contribution is 2.62. The number of hydrogen-bond donors (Lipinski definition) is 2. The zero-order chi connectivity index (χ0) is 37.0. The summed E-state index contributed by atoms with van der Waals surface area (Å²) in [5.74, 6) is 1.75. The average Bonchev–Trinajstić information content (AvgIpc) is 3.18. The molecule has 2 N–H and O–H groups in total. The molecule has 6 rings (SSSR count). The zero-order valence-electron chi connectivity index (χ0n) is 30.5. The zero-order valence-corrected chi connectivity index (χ0v) is 31.3. The number of carbonyl (C=O) groups excluding carboxylic acids is 1. The third-order valence-electron chi connectivity index (χ3n) is 10.4. The van der Waals surface area contributed by atoms with E-state index in [2.05, 4.69) is 28.7 Å². The van der Waals surface area contributed by atoms with Crippen LogP contribution in [0.5, 0.6) is 17.2 Å². The first-order valence-electron chi connectivity index (χ1n) is 18.8. The molecule has 282 valence electrons. The first-order valence-corrected chi connectivity index (χ1v) is 19.9. The van der Waals surface area contributed by atoms with Crippen molar-refractivity contribution in [2.75, 3.05) is 32.2 Å². The van der Waals surface area contributed by atoms with Gasteiger partial charge in [0.2, 0.25) is 5.79 Å². The minimum Gasteiger partial charge on any atom is -0.460 e. The van der Waals surface area contributed by atoms with Crippen molar-refractivity contribution in [1.82, 2.24) is 9.97 Å². The highest BCUT2D eigenvalue weighted by molar-refractivity contribution is 8.00. The van der Waals surface area contributed by atoms with E-state index in [1.165, 1.54) is 0 Å². The SMILES string of the molecule is C=CCOC12Oc3ccc(Oc4cccc(C=O)c4)cc3C3C(CCCCO)C(CCCCO)C=C(C(=NOCC)CC1SCCc1cnccn1)C32. The normalized spacial score (nSPS) is 25.1. The fourth-order valence-corrected chi connectivity index (χ4v) is 9.62. The Balaban J connectivity index is 1.50. The Morgan fingerprint density at radius 3 is 2.66 bits per heavy atom. The molecular weight excluding hydrogens is 691 g/mol. The predicted molar refractivity (Wildman–Crippen MR) is 207 cm³/mol. The molecule has 1 aromatic heterocycles. The van der Waals surface area contributed by atoms with Crippen LogP contribution in [0.1, 0.15) is 79.4 Å². The van der Waals surface area contributed by atoms with Crippen molar-refractivity contribution < 1.29 is 34.1 Å². The summed E-state index contributed by atoms with van der Waals surface area (Å²) in [5.41, 5.74) is 4.48. The molecule has 0 bridgehead atoms. The average molecular weight is 742 g/mol. The Morgan fingerprint density at radius 2 is 1.91 bits per heavy atom. The first-order chi connectivity index (χ1) is 26.0. The number of unbranched alkanes of at least 4 members (excludes halogenated alkanes) is 2. The molecular formula is C42H51N3O7S. The van der Waals surface area contributed by atoms with Crippen LogP contribution in [0, 0.1) is 17.8 Å². The summed E-state index contributed by atoms with van der Waals surface area (Å²) in [5, 5.41) is 24.2. The molecule has 53 heavy (non-hydrogen) atoms. The summed E-state index contributed by atoms with van der Waals surface area (Å²) in [6, 6.07) is 13.1. The first kappa shape index (κ1) is 38.7. The van der Waals surface area contributed by atoms with E-state index in [-0.39, 0.29) is 42.1 Å². The van der Waals surface area contributed by atoms with Gasteiger partial charge in [0.15, 0.2) is 0 Å². The van der Waals surface area contributed by atoms with Crippen molar-refractivity contribution in [3.05, 3.63) is 102 Å². The van der Waals surface area contributed by atoms with Gasteiger partial charge in [-0.2, -0.15) is 11.8 Å². The number of allylic oxidation sites excluding steroid dienone is 1. The van der Waals surface area contributed by atoms with Crippen LogP contribution in [0.4, 0.5) is 0 Å². The third-order valence-corrected chi connectivity index (χ3v) is 11.8. The molecule has 6 atom stereocenters. The predicted octanol–water partition coefficient (Wildman–Crippen LogP) is 7.71. The van der Waals surface area contributed by atoms with Gasteiger partial charge in [0, 0.05) is 61.7 Å². The number of thioether (sulfide) groups is 1. The summed E-state index contributed by atoms with van der Waals surface area (Å²) < 4.78 is 20.6. The van der Waals surface area contributed by atoms with Gasteiger partial charge in [-0.05, 0) is 86.1 Å². The molecule has 1 aliphatic heterocycles. The maximum absolute atomic E-state index is 11.5. The molecule has 0 saturated heterocycles. The lowest BCUT2D eigenvalue weighted by Crippen LogP contribution is -2.64. The van der Waals surface area contributed by atoms with Crippen LogP contribution in [-0.4, -0.2) is 75.4 Å². The summed E-state index contributed by atoms with van der Waals surface area (Å²) >= 11 is 1.80. The summed E-state index contributed by atoms with van der Waals surface area (Å²) in [6.45, 7) is 6.99. The number of rotatable bonds is 20. The molecule has 1 fully saturated rings. The molecule has 0 amide bonds. The van der Waals surface area contributed by atoms with Crippen molar-refractivity contribution in [3.8, 4) is 17.2 Å². The van der Waals surface area contributed by atoms with E-state index in [1.54, 1.807) is 42.4 Å². The van der Waals surface area contributed by atoms with E-state index >= 15 is 0 Å². The second-order valence-corrected chi connectivity index (χ2v) is 15.1. The maximum atomic E-state index is 11.5. The van der Waals surface area contributed by atoms with Crippen LogP contribution >= 0.6 is 11.8 Å². The molecule has 0 spiro atoms. The lowest BCUT2D eigenvalue weighted by atomic mass is 9.56. The van der Waals surface area contributed by atoms with E-state index in [1.807, 2.05) is 37.4 Å². The van der Waals surface area contributed by atoms with Gasteiger partial charge in [0.05, 0.1) is 29.2 Å². The van der Waals surface area contributed by atoms with Crippen LogP contribution in [0.2, 0.25) is 0 Å². The number of aliphatic hydroxyl groups is 2. The molecule has 2 aliphatic carbocycles. The van der Waals surface area contributed by atoms with Crippen LogP contribution in [-0.2, 0) is 16.0 Å². The largest absolute Gasteiger partial charge is 0.460 e. The number of oxime groups is 1. The van der Waals surface area contributed by atoms with Crippen LogP contribution in [0.15, 0.2) is 90.5 Å². The smallest absolute Gasteiger partial charge is 0.230 e. The molecule has 0 radical (unpaired) electrons. The summed E-state index contributed by atoms with van der Waals surface area (Å²) in [6.07, 6.45) is 16.5. The highest BCUT2D eigenvalue weighted by atomic mass is 32.2. The molecule has 6 unspecified atom stereocenters. The van der Waals surface area contributed by atoms with Crippen molar-refractivity contribution >= 4 is 23.8 Å². The standard InChI is InChI=1S/C42H51N3O7S/c1-3-21-49-42-39(53-22-16-31-27-43-17-18-44-31)26-37(45-50-4-2)35-24-30(11-5-7-19-46)34(13-6-8-20-47)40(41(35)42)36-25-33(14-15-38(36)52-42)51-32-12-9-10-29(23-32)28-48/h3,9-10,12,14-15,17-18,23-25,27-28,30,34,39-41,46-47H,1,4-8,11,13,16,19-22,26H2,2H3. The van der Waals surface area contributed by atoms with Crippen molar-refractivity contribution in [3.63, 3.8) is 0 Å². The van der Waals surface area contributed by atoms with Gasteiger partial charge in [-0.25, -0.2) is 0 Å². The van der Waals surface area contributed by atoms with Crippen molar-refractivity contribution in [1.29, 1.82) is 0 Å². The van der Waals surface area contributed by atoms with Gasteiger partial charge in [-0.15, -0.1) is 6.58 Å². The second-order valence-electron chi connectivity index (χ2n) is 13.8. The molecule has 11 heteroatoms. The summed E-state index contributed by atoms with van der Waals surface area (Å²) in [4.78, 5) is 26.1. The number of benzene rings is 2. The molecule has 3 aliphatic rings. The Bertz CT molecular complexity index is 1740. The number of hydrogen-bond acceptors (Lipinski definition) is 11. The van der Waals surface area contributed by atoms with Crippen LogP contribution in [0.25, 0.3) is 0 Å². The number of carbonyl (C=O) groups is 1. The highest BCUT2D eigenvalue weighted by Gasteiger charge is 2.64. The number of aromatic nitrogens is 2. The Kier molecular flexibility index (Phi) is 13.7. The van der Waals surface area contributed by atoms with E-state index in [0.717, 1.165) is 78.9 Å². The van der Waals surface area contributed by atoms with Crippen LogP contribution < -0.4 is 9.47 Å². The van der Waals surface area contributed by atoms with E-state index in [9.17, 15) is 15.0 Å². The third kappa shape index (κ3) is 8.86. The topological polar surface area (TPSA) is 133 Å². The Hall–Kier alpha value is -4.03. The molecule has 2 aromatic carbocycles. The number of aldehydes is 1. The monoisotopic (exact) mass is 741 g/mol.